The zero-order valence-corrected chi connectivity index (χ0v) is 5.90. The van der Waals surface area contributed by atoms with Gasteiger partial charge in [-0.05, 0) is 29.0 Å². The number of aromatic amines is 1. The second-order valence-electron chi connectivity index (χ2n) is 2.24. The van der Waals surface area contributed by atoms with Crippen LogP contribution in [0.4, 0.5) is 0 Å². The molecule has 2 heterocycles. The van der Waals surface area contributed by atoms with Crippen molar-refractivity contribution in [3.8, 4) is 11.6 Å². The van der Waals surface area contributed by atoms with Crippen LogP contribution in [-0.4, -0.2) is 20.6 Å². The molecule has 11 heavy (non-hydrogen) atoms. The van der Waals surface area contributed by atoms with E-state index in [0.717, 1.165) is 5.56 Å². The van der Waals surface area contributed by atoms with Gasteiger partial charge in [-0.2, -0.15) is 0 Å². The molecule has 0 saturated heterocycles. The molecule has 0 spiro atoms. The second-order valence-corrected chi connectivity index (χ2v) is 2.24. The first-order valence-corrected chi connectivity index (χ1v) is 3.15. The van der Waals surface area contributed by atoms with Crippen LogP contribution in [0.1, 0.15) is 5.56 Å². The van der Waals surface area contributed by atoms with Gasteiger partial charge in [0, 0.05) is 0 Å². The molecule has 0 radical (unpaired) electrons. The number of H-pyrrole nitrogens is 1. The average Bonchev–Trinajstić information content (AvgIpc) is 2.55. The van der Waals surface area contributed by atoms with Crippen molar-refractivity contribution in [2.75, 3.05) is 0 Å². The second kappa shape index (κ2) is 2.19. The standard InChI is InChI=1S/C6H6N4O/c1-4-2-5(11-3-4)6-7-9-10-8-6/h2-3H,1H3,(H,7,8,9,10). The Morgan fingerprint density at radius 2 is 2.45 bits per heavy atom. The summed E-state index contributed by atoms with van der Waals surface area (Å²) in [6.45, 7) is 1.94. The van der Waals surface area contributed by atoms with Crippen molar-refractivity contribution in [2.24, 2.45) is 0 Å². The minimum Gasteiger partial charge on any atom is -0.461 e. The van der Waals surface area contributed by atoms with Crippen molar-refractivity contribution in [3.63, 3.8) is 0 Å². The van der Waals surface area contributed by atoms with Crippen molar-refractivity contribution in [1.82, 2.24) is 20.6 Å². The first-order valence-electron chi connectivity index (χ1n) is 3.15. The van der Waals surface area contributed by atoms with Crippen molar-refractivity contribution in [1.29, 1.82) is 0 Å². The molecule has 0 aliphatic carbocycles. The van der Waals surface area contributed by atoms with E-state index in [1.807, 2.05) is 13.0 Å². The number of nitrogens with zero attached hydrogens (tertiary/aromatic N) is 3. The topological polar surface area (TPSA) is 67.6 Å². The molecule has 0 atom stereocenters. The highest BCUT2D eigenvalue weighted by Crippen LogP contribution is 2.15. The van der Waals surface area contributed by atoms with Crippen LogP contribution in [0.25, 0.3) is 11.6 Å². The summed E-state index contributed by atoms with van der Waals surface area (Å²) in [4.78, 5) is 0. The Hall–Kier alpha value is -1.65. The van der Waals surface area contributed by atoms with Crippen LogP contribution in [0.5, 0.6) is 0 Å². The molecule has 0 aromatic carbocycles. The lowest BCUT2D eigenvalue weighted by atomic mass is 10.3. The third-order valence-electron chi connectivity index (χ3n) is 1.31. The summed E-state index contributed by atoms with van der Waals surface area (Å²) in [5.41, 5.74) is 1.05. The lowest BCUT2D eigenvalue weighted by Crippen LogP contribution is -1.75. The van der Waals surface area contributed by atoms with Gasteiger partial charge in [-0.3, -0.25) is 0 Å². The Morgan fingerprint density at radius 1 is 1.55 bits per heavy atom. The van der Waals surface area contributed by atoms with Gasteiger partial charge in [0.05, 0.1) is 6.26 Å². The Bertz CT molecular complexity index is 337. The first-order chi connectivity index (χ1) is 5.36. The van der Waals surface area contributed by atoms with Crippen LogP contribution in [-0.2, 0) is 0 Å². The summed E-state index contributed by atoms with van der Waals surface area (Å²) in [5, 5.41) is 13.1. The van der Waals surface area contributed by atoms with E-state index in [1.165, 1.54) is 0 Å². The summed E-state index contributed by atoms with van der Waals surface area (Å²) < 4.78 is 5.13. The Kier molecular flexibility index (Phi) is 1.21. The zero-order valence-electron chi connectivity index (χ0n) is 5.90. The van der Waals surface area contributed by atoms with Gasteiger partial charge in [-0.25, -0.2) is 5.10 Å². The normalized spacial score (nSPS) is 10.3. The van der Waals surface area contributed by atoms with E-state index in [-0.39, 0.29) is 0 Å². The summed E-state index contributed by atoms with van der Waals surface area (Å²) in [7, 11) is 0. The number of aryl methyl sites for hydroxylation is 1. The van der Waals surface area contributed by atoms with Crippen LogP contribution < -0.4 is 0 Å². The molecule has 0 amide bonds. The molecule has 0 bridgehead atoms. The highest BCUT2D eigenvalue weighted by atomic mass is 16.3. The monoisotopic (exact) mass is 150 g/mol. The molecule has 0 fully saturated rings. The third kappa shape index (κ3) is 1.000. The van der Waals surface area contributed by atoms with Crippen LogP contribution >= 0.6 is 0 Å². The highest BCUT2D eigenvalue weighted by molar-refractivity contribution is 5.45. The largest absolute Gasteiger partial charge is 0.461 e. The SMILES string of the molecule is Cc1coc(-c2nnn[nH]2)c1. The smallest absolute Gasteiger partial charge is 0.215 e. The Morgan fingerprint density at radius 3 is 3.00 bits per heavy atom. The van der Waals surface area contributed by atoms with Gasteiger partial charge < -0.3 is 4.42 Å². The maximum Gasteiger partial charge on any atom is 0.215 e. The van der Waals surface area contributed by atoms with E-state index in [2.05, 4.69) is 20.6 Å². The predicted molar refractivity (Wildman–Crippen MR) is 36.6 cm³/mol. The van der Waals surface area contributed by atoms with Gasteiger partial charge in [0.15, 0.2) is 5.76 Å². The fourth-order valence-electron chi connectivity index (χ4n) is 0.819. The maximum absolute atomic E-state index is 5.13. The molecule has 56 valence electrons. The number of tetrazole rings is 1. The maximum atomic E-state index is 5.13. The quantitative estimate of drug-likeness (QED) is 0.651. The van der Waals surface area contributed by atoms with Gasteiger partial charge >= 0.3 is 0 Å². The molecular weight excluding hydrogens is 144 g/mol. The Labute approximate surface area is 62.4 Å². The number of hydrogen-bond acceptors (Lipinski definition) is 4. The number of aromatic nitrogens is 4. The van der Waals surface area contributed by atoms with Crippen LogP contribution in [0.3, 0.4) is 0 Å². The Balaban J connectivity index is 2.45. The first kappa shape index (κ1) is 6.09. The molecular formula is C6H6N4O. The van der Waals surface area contributed by atoms with Gasteiger partial charge in [0.25, 0.3) is 0 Å². The molecule has 2 rings (SSSR count). The highest BCUT2D eigenvalue weighted by Gasteiger charge is 2.04. The van der Waals surface area contributed by atoms with Gasteiger partial charge in [0.1, 0.15) is 0 Å². The summed E-state index contributed by atoms with van der Waals surface area (Å²) in [5.74, 6) is 1.21. The van der Waals surface area contributed by atoms with Gasteiger partial charge in [-0.1, -0.05) is 0 Å². The third-order valence-corrected chi connectivity index (χ3v) is 1.31. The molecule has 1 N–H and O–H groups in total. The molecule has 0 unspecified atom stereocenters. The number of rotatable bonds is 1. The summed E-state index contributed by atoms with van der Waals surface area (Å²) >= 11 is 0. The number of nitrogens with one attached hydrogen (secondary N) is 1. The minimum atomic E-state index is 0.554. The fraction of sp³-hybridized carbons (Fsp3) is 0.167. The number of furan rings is 1. The summed E-state index contributed by atoms with van der Waals surface area (Å²) in [6.07, 6.45) is 1.65. The predicted octanol–water partition coefficient (Wildman–Crippen LogP) is 0.768. The fourth-order valence-corrected chi connectivity index (χ4v) is 0.819. The van der Waals surface area contributed by atoms with Crippen molar-refractivity contribution < 1.29 is 4.42 Å². The van der Waals surface area contributed by atoms with E-state index in [9.17, 15) is 0 Å². The van der Waals surface area contributed by atoms with Crippen molar-refractivity contribution in [2.45, 2.75) is 6.92 Å². The average molecular weight is 150 g/mol. The molecule has 0 aliphatic heterocycles. The van der Waals surface area contributed by atoms with Crippen LogP contribution in [0, 0.1) is 6.92 Å². The van der Waals surface area contributed by atoms with Crippen molar-refractivity contribution in [3.05, 3.63) is 17.9 Å². The molecule has 5 heteroatoms. The minimum absolute atomic E-state index is 0.554. The van der Waals surface area contributed by atoms with Gasteiger partial charge in [-0.15, -0.1) is 5.10 Å². The van der Waals surface area contributed by atoms with E-state index in [1.54, 1.807) is 6.26 Å². The molecule has 2 aromatic heterocycles. The molecule has 0 saturated carbocycles. The zero-order chi connectivity index (χ0) is 7.68. The van der Waals surface area contributed by atoms with Crippen LogP contribution in [0.15, 0.2) is 16.7 Å². The van der Waals surface area contributed by atoms with Crippen molar-refractivity contribution >= 4 is 0 Å². The summed E-state index contributed by atoms with van der Waals surface area (Å²) in [6, 6.07) is 1.86. The van der Waals surface area contributed by atoms with E-state index < -0.39 is 0 Å². The lowest BCUT2D eigenvalue weighted by Gasteiger charge is -1.81. The van der Waals surface area contributed by atoms with Gasteiger partial charge in [0.2, 0.25) is 5.82 Å². The van der Waals surface area contributed by atoms with Crippen LogP contribution in [0.2, 0.25) is 0 Å². The van der Waals surface area contributed by atoms with E-state index in [0.29, 0.717) is 11.6 Å². The molecule has 0 aliphatic rings. The van der Waals surface area contributed by atoms with E-state index in [4.69, 9.17) is 4.42 Å². The van der Waals surface area contributed by atoms with E-state index >= 15 is 0 Å². The molecule has 5 nitrogen and oxygen atoms in total. The molecule has 2 aromatic rings. The lowest BCUT2D eigenvalue weighted by molar-refractivity contribution is 0.575. The number of hydrogen-bond donors (Lipinski definition) is 1.